The highest BCUT2D eigenvalue weighted by atomic mass is 35.5. The van der Waals surface area contributed by atoms with Gasteiger partial charge in [-0.2, -0.15) is 4.68 Å². The van der Waals surface area contributed by atoms with Crippen molar-refractivity contribution >= 4 is 17.4 Å². The second-order valence-corrected chi connectivity index (χ2v) is 4.09. The van der Waals surface area contributed by atoms with Gasteiger partial charge in [0.2, 0.25) is 0 Å². The molecule has 1 aromatic heterocycles. The molecule has 0 saturated carbocycles. The predicted molar refractivity (Wildman–Crippen MR) is 59.4 cm³/mol. The summed E-state index contributed by atoms with van der Waals surface area (Å²) in [6, 6.07) is 0. The van der Waals surface area contributed by atoms with Crippen LogP contribution in [0.5, 0.6) is 0 Å². The quantitative estimate of drug-likeness (QED) is 0.637. The molecule has 0 spiro atoms. The fraction of sp³-hybridized carbons (Fsp3) is 0.667. The molecule has 6 nitrogen and oxygen atoms in total. The summed E-state index contributed by atoms with van der Waals surface area (Å²) >= 11 is 5.65. The minimum atomic E-state index is -0.900. The van der Waals surface area contributed by atoms with Gasteiger partial charge in [0.15, 0.2) is 5.02 Å². The Labute approximate surface area is 98.0 Å². The van der Waals surface area contributed by atoms with Crippen LogP contribution in [0.3, 0.4) is 0 Å². The van der Waals surface area contributed by atoms with E-state index in [0.29, 0.717) is 12.8 Å². The van der Waals surface area contributed by atoms with Crippen molar-refractivity contribution in [3.63, 3.8) is 0 Å². The third-order valence-corrected chi connectivity index (χ3v) is 2.91. The van der Waals surface area contributed by atoms with Crippen LogP contribution >= 0.6 is 11.6 Å². The van der Waals surface area contributed by atoms with E-state index in [-0.39, 0.29) is 17.4 Å². The van der Waals surface area contributed by atoms with Crippen LogP contribution in [0.15, 0.2) is 6.20 Å². The van der Waals surface area contributed by atoms with Crippen LogP contribution in [-0.2, 0) is 6.54 Å². The van der Waals surface area contributed by atoms with Gasteiger partial charge in [-0.05, 0) is 17.8 Å². The summed E-state index contributed by atoms with van der Waals surface area (Å²) in [5.41, 5.74) is -0.900. The third kappa shape index (κ3) is 2.70. The number of hydrogen-bond acceptors (Lipinski definition) is 4. The molecule has 7 heteroatoms. The number of aliphatic hydroxyl groups is 1. The smallest absolute Gasteiger partial charge is 0.388 e. The molecule has 1 N–H and O–H groups in total. The van der Waals surface area contributed by atoms with Gasteiger partial charge in [0.25, 0.3) is 0 Å². The van der Waals surface area contributed by atoms with Crippen LogP contribution in [0.4, 0.5) is 5.82 Å². The van der Waals surface area contributed by atoms with E-state index in [0.717, 1.165) is 0 Å². The second kappa shape index (κ2) is 4.80. The van der Waals surface area contributed by atoms with Gasteiger partial charge in [-0.3, -0.25) is 0 Å². The van der Waals surface area contributed by atoms with Gasteiger partial charge in [0.05, 0.1) is 23.4 Å². The molecule has 16 heavy (non-hydrogen) atoms. The third-order valence-electron chi connectivity index (χ3n) is 2.64. The van der Waals surface area contributed by atoms with Crippen molar-refractivity contribution in [1.82, 2.24) is 9.78 Å². The van der Waals surface area contributed by atoms with Crippen molar-refractivity contribution in [2.75, 3.05) is 0 Å². The summed E-state index contributed by atoms with van der Waals surface area (Å²) in [5, 5.41) is 24.3. The summed E-state index contributed by atoms with van der Waals surface area (Å²) in [6.07, 6.45) is 2.46. The summed E-state index contributed by atoms with van der Waals surface area (Å²) in [7, 11) is 0. The summed E-state index contributed by atoms with van der Waals surface area (Å²) in [5.74, 6) is -0.378. The zero-order chi connectivity index (χ0) is 12.3. The molecule has 1 rings (SSSR count). The number of nitrogens with zero attached hydrogens (tertiary/aromatic N) is 3. The molecular weight excluding hydrogens is 234 g/mol. The van der Waals surface area contributed by atoms with Gasteiger partial charge in [-0.1, -0.05) is 25.4 Å². The molecule has 0 aliphatic carbocycles. The van der Waals surface area contributed by atoms with Gasteiger partial charge in [0.1, 0.15) is 0 Å². The second-order valence-electron chi connectivity index (χ2n) is 3.69. The Morgan fingerprint density at radius 3 is 2.56 bits per heavy atom. The minimum Gasteiger partial charge on any atom is -0.388 e. The van der Waals surface area contributed by atoms with E-state index in [4.69, 9.17) is 11.6 Å². The van der Waals surface area contributed by atoms with Gasteiger partial charge in [0, 0.05) is 0 Å². The number of nitro groups is 1. The summed E-state index contributed by atoms with van der Waals surface area (Å²) in [6.45, 7) is 3.90. The lowest BCUT2D eigenvalue weighted by Gasteiger charge is -2.23. The lowest BCUT2D eigenvalue weighted by Crippen LogP contribution is -2.32. The molecule has 1 aromatic rings. The van der Waals surface area contributed by atoms with Crippen LogP contribution in [0.1, 0.15) is 26.7 Å². The first-order valence-corrected chi connectivity index (χ1v) is 5.39. The highest BCUT2D eigenvalue weighted by Crippen LogP contribution is 2.24. The van der Waals surface area contributed by atoms with Crippen LogP contribution in [0.25, 0.3) is 0 Å². The molecule has 0 radical (unpaired) electrons. The highest BCUT2D eigenvalue weighted by Gasteiger charge is 2.27. The first-order valence-electron chi connectivity index (χ1n) is 5.01. The molecule has 0 bridgehead atoms. The van der Waals surface area contributed by atoms with E-state index < -0.39 is 10.5 Å². The van der Waals surface area contributed by atoms with Crippen molar-refractivity contribution in [3.05, 3.63) is 21.3 Å². The average Bonchev–Trinajstić information content (AvgIpc) is 2.59. The van der Waals surface area contributed by atoms with E-state index in [1.807, 2.05) is 13.8 Å². The Morgan fingerprint density at radius 1 is 1.62 bits per heavy atom. The Morgan fingerprint density at radius 2 is 2.19 bits per heavy atom. The molecule has 90 valence electrons. The fourth-order valence-corrected chi connectivity index (χ4v) is 1.59. The van der Waals surface area contributed by atoms with Crippen LogP contribution < -0.4 is 0 Å². The number of hydrogen-bond donors (Lipinski definition) is 1. The van der Waals surface area contributed by atoms with Crippen LogP contribution in [0, 0.1) is 10.1 Å². The van der Waals surface area contributed by atoms with Crippen molar-refractivity contribution in [2.45, 2.75) is 38.8 Å². The Hall–Kier alpha value is -1.14. The van der Waals surface area contributed by atoms with Crippen molar-refractivity contribution in [3.8, 4) is 0 Å². The molecule has 0 unspecified atom stereocenters. The largest absolute Gasteiger partial charge is 0.408 e. The number of rotatable bonds is 5. The minimum absolute atomic E-state index is 0.0143. The van der Waals surface area contributed by atoms with E-state index in [1.54, 1.807) is 0 Å². The molecule has 0 fully saturated rings. The zero-order valence-corrected chi connectivity index (χ0v) is 9.94. The SMILES string of the molecule is CCC(O)(CC)Cn1cc(Cl)c([N+](=O)[O-])n1. The van der Waals surface area contributed by atoms with Gasteiger partial charge in [-0.15, -0.1) is 0 Å². The maximum absolute atomic E-state index is 10.5. The molecule has 0 atom stereocenters. The lowest BCUT2D eigenvalue weighted by molar-refractivity contribution is -0.389. The van der Waals surface area contributed by atoms with Crippen LogP contribution in [0.2, 0.25) is 5.02 Å². The van der Waals surface area contributed by atoms with Crippen molar-refractivity contribution < 1.29 is 10.0 Å². The van der Waals surface area contributed by atoms with Gasteiger partial charge < -0.3 is 15.2 Å². The first-order chi connectivity index (χ1) is 7.41. The normalized spacial score (nSPS) is 11.8. The maximum atomic E-state index is 10.5. The lowest BCUT2D eigenvalue weighted by atomic mass is 9.98. The monoisotopic (exact) mass is 247 g/mol. The van der Waals surface area contributed by atoms with Gasteiger partial charge in [-0.25, -0.2) is 0 Å². The number of halogens is 1. The molecule has 0 saturated heterocycles. The van der Waals surface area contributed by atoms with E-state index in [2.05, 4.69) is 5.10 Å². The maximum Gasteiger partial charge on any atom is 0.408 e. The van der Waals surface area contributed by atoms with Crippen LogP contribution in [-0.4, -0.2) is 25.4 Å². The van der Waals surface area contributed by atoms with Crippen molar-refractivity contribution in [1.29, 1.82) is 0 Å². The topological polar surface area (TPSA) is 81.2 Å². The standard InChI is InChI=1S/C9H14ClN3O3/c1-3-9(14,4-2)6-12-5-7(10)8(11-12)13(15)16/h5,14H,3-4,6H2,1-2H3. The molecule has 0 aliphatic rings. The molecule has 0 aromatic carbocycles. The molecule has 0 aliphatic heterocycles. The van der Waals surface area contributed by atoms with Crippen molar-refractivity contribution in [2.24, 2.45) is 0 Å². The average molecular weight is 248 g/mol. The summed E-state index contributed by atoms with van der Waals surface area (Å²) < 4.78 is 1.31. The van der Waals surface area contributed by atoms with E-state index >= 15 is 0 Å². The Kier molecular flexibility index (Phi) is 3.88. The zero-order valence-electron chi connectivity index (χ0n) is 9.18. The Bertz CT molecular complexity index is 387. The molecular formula is C9H14ClN3O3. The summed E-state index contributed by atoms with van der Waals surface area (Å²) in [4.78, 5) is 9.88. The molecule has 1 heterocycles. The van der Waals surface area contributed by atoms with Gasteiger partial charge >= 0.3 is 5.82 Å². The number of aromatic nitrogens is 2. The Balaban J connectivity index is 2.90. The first kappa shape index (κ1) is 12.9. The predicted octanol–water partition coefficient (Wildman–Crippen LogP) is 2.00. The molecule has 0 amide bonds. The van der Waals surface area contributed by atoms with E-state index in [9.17, 15) is 15.2 Å². The fourth-order valence-electron chi connectivity index (χ4n) is 1.37. The van der Waals surface area contributed by atoms with E-state index in [1.165, 1.54) is 10.9 Å². The highest BCUT2D eigenvalue weighted by molar-refractivity contribution is 6.32.